The van der Waals surface area contributed by atoms with E-state index in [0.717, 1.165) is 11.3 Å². The van der Waals surface area contributed by atoms with Gasteiger partial charge >= 0.3 is 6.18 Å². The Kier molecular flexibility index (Phi) is 5.93. The maximum absolute atomic E-state index is 14.0. The van der Waals surface area contributed by atoms with Crippen molar-refractivity contribution in [1.29, 1.82) is 0 Å². The van der Waals surface area contributed by atoms with Crippen molar-refractivity contribution < 1.29 is 27.8 Å². The largest absolute Gasteiger partial charge is 0.457 e. The molecule has 1 aliphatic heterocycles. The van der Waals surface area contributed by atoms with Gasteiger partial charge in [-0.3, -0.25) is 4.79 Å². The second-order valence-electron chi connectivity index (χ2n) is 7.15. The van der Waals surface area contributed by atoms with E-state index < -0.39 is 34.8 Å². The number of carbonyl (C=O) groups excluding carboxylic acids is 1. The number of thiophene rings is 1. The van der Waals surface area contributed by atoms with Crippen molar-refractivity contribution in [2.24, 2.45) is 5.92 Å². The lowest BCUT2D eigenvalue weighted by Gasteiger charge is -2.46. The van der Waals surface area contributed by atoms with Crippen LogP contribution in [-0.2, 0) is 0 Å². The fraction of sp³-hybridized carbons (Fsp3) is 0.182. The van der Waals surface area contributed by atoms with Gasteiger partial charge in [0, 0.05) is 0 Å². The number of benzene rings is 2. The van der Waals surface area contributed by atoms with Gasteiger partial charge in [0.25, 0.3) is 0 Å². The number of ketones is 1. The summed E-state index contributed by atoms with van der Waals surface area (Å²) in [7, 11) is 0. The van der Waals surface area contributed by atoms with Gasteiger partial charge in [-0.25, -0.2) is 0 Å². The number of alkyl halides is 3. The lowest BCUT2D eigenvalue weighted by atomic mass is 9.78. The third-order valence-corrected chi connectivity index (χ3v) is 6.15. The Morgan fingerprint density at radius 1 is 1.06 bits per heavy atom. The standard InChI is InChI=1S/C22H17F3N2O3S2/c23-22(24,25)21(29)17(19(28)16-10-5-11-32-16)18(26-20(31)27-21)13-6-4-9-15(12-13)30-14-7-2-1-3-8-14/h1-12,17-18,29H,(H2,26,27,31)/t17-,18+,21-/m0/s1. The van der Waals surface area contributed by atoms with E-state index in [1.807, 2.05) is 11.4 Å². The molecule has 0 radical (unpaired) electrons. The summed E-state index contributed by atoms with van der Waals surface area (Å²) in [5.41, 5.74) is -3.25. The van der Waals surface area contributed by atoms with Crippen molar-refractivity contribution in [3.05, 3.63) is 82.6 Å². The van der Waals surface area contributed by atoms with Crippen molar-refractivity contribution >= 4 is 34.5 Å². The van der Waals surface area contributed by atoms with Gasteiger partial charge in [0.2, 0.25) is 5.72 Å². The van der Waals surface area contributed by atoms with Gasteiger partial charge in [0.15, 0.2) is 10.9 Å². The van der Waals surface area contributed by atoms with E-state index in [2.05, 4.69) is 5.32 Å². The van der Waals surface area contributed by atoms with E-state index >= 15 is 0 Å². The molecule has 5 nitrogen and oxygen atoms in total. The van der Waals surface area contributed by atoms with Gasteiger partial charge in [0.1, 0.15) is 17.4 Å². The highest BCUT2D eigenvalue weighted by Crippen LogP contribution is 2.44. The molecule has 2 heterocycles. The predicted molar refractivity (Wildman–Crippen MR) is 118 cm³/mol. The number of aliphatic hydroxyl groups is 1. The molecule has 0 saturated carbocycles. The Morgan fingerprint density at radius 2 is 1.78 bits per heavy atom. The van der Waals surface area contributed by atoms with Gasteiger partial charge in [-0.15, -0.1) is 11.3 Å². The molecule has 2 aromatic carbocycles. The van der Waals surface area contributed by atoms with Gasteiger partial charge < -0.3 is 20.5 Å². The maximum atomic E-state index is 14.0. The summed E-state index contributed by atoms with van der Waals surface area (Å²) >= 11 is 5.95. The number of hydrogen-bond donors (Lipinski definition) is 3. The molecule has 0 unspecified atom stereocenters. The van der Waals surface area contributed by atoms with Gasteiger partial charge in [-0.05, 0) is 53.5 Å². The fourth-order valence-corrected chi connectivity index (χ4v) is 4.57. The SMILES string of the molecule is O=C(c1cccs1)[C@@H]1[C@@H](c2cccc(Oc3ccccc3)c2)NC(=S)N[C@@]1(O)C(F)(F)F. The highest BCUT2D eigenvalue weighted by molar-refractivity contribution is 7.80. The Labute approximate surface area is 190 Å². The number of Topliss-reactive ketones (excluding diaryl/α,β-unsaturated/α-hetero) is 1. The number of halogens is 3. The first-order valence-corrected chi connectivity index (χ1v) is 10.8. The molecule has 32 heavy (non-hydrogen) atoms. The van der Waals surface area contributed by atoms with E-state index in [9.17, 15) is 23.1 Å². The fourth-order valence-electron chi connectivity index (χ4n) is 3.58. The van der Waals surface area contributed by atoms with E-state index in [-0.39, 0.29) is 4.88 Å². The van der Waals surface area contributed by atoms with Crippen molar-refractivity contribution in [1.82, 2.24) is 10.6 Å². The zero-order chi connectivity index (χ0) is 22.9. The van der Waals surface area contributed by atoms with Crippen LogP contribution in [0, 0.1) is 5.92 Å². The summed E-state index contributed by atoms with van der Waals surface area (Å²) in [5, 5.41) is 16.5. The summed E-state index contributed by atoms with van der Waals surface area (Å²) in [6.07, 6.45) is -5.17. The highest BCUT2D eigenvalue weighted by Gasteiger charge is 2.65. The minimum Gasteiger partial charge on any atom is -0.457 e. The molecule has 0 spiro atoms. The topological polar surface area (TPSA) is 70.6 Å². The summed E-state index contributed by atoms with van der Waals surface area (Å²) in [6, 6.07) is 16.9. The summed E-state index contributed by atoms with van der Waals surface area (Å²) in [5.74, 6) is -1.91. The molecule has 166 valence electrons. The smallest absolute Gasteiger partial charge is 0.437 e. The lowest BCUT2D eigenvalue weighted by molar-refractivity contribution is -0.285. The molecule has 4 rings (SSSR count). The minimum absolute atomic E-state index is 0.0933. The number of ether oxygens (including phenoxy) is 1. The molecule has 0 amide bonds. The molecule has 1 aromatic heterocycles. The average Bonchev–Trinajstić information content (AvgIpc) is 3.28. The molecule has 3 aromatic rings. The molecule has 0 bridgehead atoms. The van der Waals surface area contributed by atoms with Gasteiger partial charge in [-0.2, -0.15) is 13.2 Å². The van der Waals surface area contributed by atoms with Crippen LogP contribution < -0.4 is 15.4 Å². The predicted octanol–water partition coefficient (Wildman–Crippen LogP) is 4.81. The van der Waals surface area contributed by atoms with Crippen molar-refractivity contribution in [3.8, 4) is 11.5 Å². The Hall–Kier alpha value is -2.95. The molecule has 3 atom stereocenters. The van der Waals surface area contributed by atoms with Crippen LogP contribution in [0.5, 0.6) is 11.5 Å². The lowest BCUT2D eigenvalue weighted by Crippen LogP contribution is -2.72. The Bertz CT molecular complexity index is 1120. The second-order valence-corrected chi connectivity index (χ2v) is 8.50. The van der Waals surface area contributed by atoms with Crippen molar-refractivity contribution in [3.63, 3.8) is 0 Å². The van der Waals surface area contributed by atoms with Crippen LogP contribution in [0.2, 0.25) is 0 Å². The number of rotatable bonds is 5. The second kappa shape index (κ2) is 8.53. The molecular formula is C22H17F3N2O3S2. The zero-order valence-electron chi connectivity index (χ0n) is 16.3. The van der Waals surface area contributed by atoms with E-state index in [0.29, 0.717) is 17.1 Å². The van der Waals surface area contributed by atoms with Crippen molar-refractivity contribution in [2.45, 2.75) is 17.9 Å². The van der Waals surface area contributed by atoms with E-state index in [1.165, 1.54) is 12.1 Å². The van der Waals surface area contributed by atoms with Gasteiger partial charge in [0.05, 0.1) is 10.9 Å². The molecular weight excluding hydrogens is 461 g/mol. The maximum Gasteiger partial charge on any atom is 0.437 e. The summed E-state index contributed by atoms with van der Waals surface area (Å²) < 4.78 is 47.9. The van der Waals surface area contributed by atoms with Crippen LogP contribution in [0.1, 0.15) is 21.3 Å². The first kappa shape index (κ1) is 22.3. The molecule has 3 N–H and O–H groups in total. The molecule has 0 aliphatic carbocycles. The third-order valence-electron chi connectivity index (χ3n) is 5.05. The minimum atomic E-state index is -5.17. The van der Waals surface area contributed by atoms with Crippen molar-refractivity contribution in [2.75, 3.05) is 0 Å². The van der Waals surface area contributed by atoms with Crippen LogP contribution in [0.4, 0.5) is 13.2 Å². The van der Waals surface area contributed by atoms with Crippen LogP contribution in [0.25, 0.3) is 0 Å². The highest BCUT2D eigenvalue weighted by atomic mass is 32.1. The molecule has 1 fully saturated rings. The molecule has 10 heteroatoms. The van der Waals surface area contributed by atoms with Gasteiger partial charge in [-0.1, -0.05) is 36.4 Å². The summed E-state index contributed by atoms with van der Waals surface area (Å²) in [6.45, 7) is 0. The number of para-hydroxylation sites is 1. The number of thiocarbonyl (C=S) groups is 1. The molecule has 1 aliphatic rings. The van der Waals surface area contributed by atoms with Crippen LogP contribution in [-0.4, -0.2) is 27.9 Å². The number of hydrogen-bond acceptors (Lipinski definition) is 5. The van der Waals surface area contributed by atoms with Crippen LogP contribution in [0.3, 0.4) is 0 Å². The number of nitrogens with one attached hydrogen (secondary N) is 2. The first-order chi connectivity index (χ1) is 15.2. The van der Waals surface area contributed by atoms with E-state index in [4.69, 9.17) is 17.0 Å². The Balaban J connectivity index is 1.77. The zero-order valence-corrected chi connectivity index (χ0v) is 17.9. The summed E-state index contributed by atoms with van der Waals surface area (Å²) in [4.78, 5) is 13.3. The average molecular weight is 479 g/mol. The van der Waals surface area contributed by atoms with E-state index in [1.54, 1.807) is 53.9 Å². The Morgan fingerprint density at radius 3 is 2.44 bits per heavy atom. The van der Waals surface area contributed by atoms with Crippen LogP contribution in [0.15, 0.2) is 72.1 Å². The van der Waals surface area contributed by atoms with Crippen LogP contribution >= 0.6 is 23.6 Å². The molecule has 1 saturated heterocycles. The monoisotopic (exact) mass is 478 g/mol. The number of carbonyl (C=O) groups is 1. The quantitative estimate of drug-likeness (QED) is 0.361. The first-order valence-electron chi connectivity index (χ1n) is 9.47. The normalized spacial score (nSPS) is 23.2. The third kappa shape index (κ3) is 4.21.